The minimum atomic E-state index is 0.314. The van der Waals surface area contributed by atoms with Gasteiger partial charge in [-0.2, -0.15) is 0 Å². The third kappa shape index (κ3) is 0.715. The van der Waals surface area contributed by atoms with Crippen LogP contribution in [-0.4, -0.2) is 23.5 Å². The van der Waals surface area contributed by atoms with E-state index in [0.29, 0.717) is 5.54 Å². The highest BCUT2D eigenvalue weighted by molar-refractivity contribution is 5.21. The average Bonchev–Trinajstić information content (AvgIpc) is 2.38. The van der Waals surface area contributed by atoms with Crippen LogP contribution < -0.4 is 0 Å². The van der Waals surface area contributed by atoms with Crippen molar-refractivity contribution in [3.8, 4) is 0 Å². The summed E-state index contributed by atoms with van der Waals surface area (Å²) in [5.74, 6) is 0. The van der Waals surface area contributed by atoms with E-state index in [9.17, 15) is 0 Å². The number of hydrogen-bond donors (Lipinski definition) is 0. The van der Waals surface area contributed by atoms with Crippen molar-refractivity contribution in [1.82, 2.24) is 4.90 Å². The van der Waals surface area contributed by atoms with E-state index in [1.165, 1.54) is 6.42 Å². The summed E-state index contributed by atoms with van der Waals surface area (Å²) in [5, 5.41) is 0. The van der Waals surface area contributed by atoms with Crippen LogP contribution in [0.3, 0.4) is 0 Å². The zero-order valence-electron chi connectivity index (χ0n) is 6.52. The number of rotatable bonds is 2. The van der Waals surface area contributed by atoms with Gasteiger partial charge in [0.25, 0.3) is 0 Å². The Morgan fingerprint density at radius 1 is 1.78 bits per heavy atom. The molecule has 0 radical (unpaired) electrons. The molecule has 1 aliphatic rings. The van der Waals surface area contributed by atoms with Crippen molar-refractivity contribution in [2.75, 3.05) is 7.05 Å². The Hall–Kier alpha value is -0.300. The number of likely N-dealkylation sites (N-methyl/N-ethyl adjacent to an activating group) is 1. The van der Waals surface area contributed by atoms with Crippen molar-refractivity contribution in [1.29, 1.82) is 0 Å². The lowest BCUT2D eigenvalue weighted by atomic mass is 10.1. The Balaban J connectivity index is 2.58. The van der Waals surface area contributed by atoms with E-state index in [0.717, 1.165) is 6.04 Å². The zero-order valence-corrected chi connectivity index (χ0v) is 6.52. The third-order valence-corrected chi connectivity index (χ3v) is 2.63. The van der Waals surface area contributed by atoms with Crippen molar-refractivity contribution >= 4 is 0 Å². The molecule has 0 aromatic heterocycles. The fourth-order valence-electron chi connectivity index (χ4n) is 1.62. The molecule has 0 aliphatic carbocycles. The second-order valence-corrected chi connectivity index (χ2v) is 2.96. The summed E-state index contributed by atoms with van der Waals surface area (Å²) in [7, 11) is 2.15. The monoisotopic (exact) mass is 125 g/mol. The first-order valence-corrected chi connectivity index (χ1v) is 3.53. The summed E-state index contributed by atoms with van der Waals surface area (Å²) in [5.41, 5.74) is 0.314. The summed E-state index contributed by atoms with van der Waals surface area (Å²) in [6.45, 7) is 8.25. The first kappa shape index (κ1) is 6.81. The molecule has 1 heterocycles. The molecule has 9 heavy (non-hydrogen) atoms. The third-order valence-electron chi connectivity index (χ3n) is 2.63. The van der Waals surface area contributed by atoms with Crippen molar-refractivity contribution in [2.45, 2.75) is 31.8 Å². The molecule has 3 unspecified atom stereocenters. The van der Waals surface area contributed by atoms with E-state index in [4.69, 9.17) is 0 Å². The van der Waals surface area contributed by atoms with Gasteiger partial charge in [0, 0.05) is 6.04 Å². The van der Waals surface area contributed by atoms with E-state index < -0.39 is 0 Å². The van der Waals surface area contributed by atoms with E-state index in [2.05, 4.69) is 32.4 Å². The largest absolute Gasteiger partial charge is 0.291 e. The highest BCUT2D eigenvalue weighted by atomic mass is 15.4. The predicted octanol–water partition coefficient (Wildman–Crippen LogP) is 1.66. The molecule has 52 valence electrons. The summed E-state index contributed by atoms with van der Waals surface area (Å²) in [4.78, 5) is 2.35. The molecule has 3 atom stereocenters. The molecular formula is C8H15N. The van der Waals surface area contributed by atoms with Crippen molar-refractivity contribution in [3.05, 3.63) is 12.7 Å². The van der Waals surface area contributed by atoms with Crippen LogP contribution in [0.25, 0.3) is 0 Å². The van der Waals surface area contributed by atoms with Crippen molar-refractivity contribution in [3.63, 3.8) is 0 Å². The van der Waals surface area contributed by atoms with Crippen LogP contribution in [-0.2, 0) is 0 Å². The van der Waals surface area contributed by atoms with E-state index >= 15 is 0 Å². The maximum absolute atomic E-state index is 3.80. The molecule has 1 heteroatoms. The predicted molar refractivity (Wildman–Crippen MR) is 40.4 cm³/mol. The molecule has 0 N–H and O–H groups in total. The van der Waals surface area contributed by atoms with Gasteiger partial charge in [-0.15, -0.1) is 6.58 Å². The minimum Gasteiger partial charge on any atom is -0.291 e. The minimum absolute atomic E-state index is 0.314. The zero-order chi connectivity index (χ0) is 7.07. The summed E-state index contributed by atoms with van der Waals surface area (Å²) < 4.78 is 0. The van der Waals surface area contributed by atoms with Crippen LogP contribution in [0.15, 0.2) is 12.7 Å². The summed E-state index contributed by atoms with van der Waals surface area (Å²) in [6.07, 6.45) is 3.28. The molecule has 0 aromatic carbocycles. The van der Waals surface area contributed by atoms with Crippen molar-refractivity contribution < 1.29 is 0 Å². The second kappa shape index (κ2) is 1.84. The lowest BCUT2D eigenvalue weighted by Crippen LogP contribution is -2.06. The van der Waals surface area contributed by atoms with Gasteiger partial charge in [0.2, 0.25) is 0 Å². The molecular weight excluding hydrogens is 110 g/mol. The van der Waals surface area contributed by atoms with E-state index in [-0.39, 0.29) is 0 Å². The van der Waals surface area contributed by atoms with Gasteiger partial charge in [0.15, 0.2) is 0 Å². The van der Waals surface area contributed by atoms with Gasteiger partial charge in [-0.3, -0.25) is 4.90 Å². The van der Waals surface area contributed by atoms with E-state index in [1.807, 2.05) is 6.08 Å². The van der Waals surface area contributed by atoms with Crippen LogP contribution in [0.1, 0.15) is 20.3 Å². The Morgan fingerprint density at radius 2 is 2.33 bits per heavy atom. The van der Waals surface area contributed by atoms with Crippen LogP contribution in [0.5, 0.6) is 0 Å². The van der Waals surface area contributed by atoms with Crippen LogP contribution in [0, 0.1) is 0 Å². The Morgan fingerprint density at radius 3 is 2.44 bits per heavy atom. The number of hydrogen-bond acceptors (Lipinski definition) is 1. The SMILES string of the molecule is C=CC1(C)C(CC)N1C. The highest BCUT2D eigenvalue weighted by Gasteiger charge is 2.52. The lowest BCUT2D eigenvalue weighted by Gasteiger charge is -1.97. The molecule has 1 aliphatic heterocycles. The molecule has 1 nitrogen and oxygen atoms in total. The Kier molecular flexibility index (Phi) is 1.39. The van der Waals surface area contributed by atoms with Gasteiger partial charge in [-0.25, -0.2) is 0 Å². The smallest absolute Gasteiger partial charge is 0.0517 e. The summed E-state index contributed by atoms with van der Waals surface area (Å²) in [6, 6.07) is 0.745. The summed E-state index contributed by atoms with van der Waals surface area (Å²) >= 11 is 0. The van der Waals surface area contributed by atoms with Crippen LogP contribution in [0.2, 0.25) is 0 Å². The Bertz CT molecular complexity index is 131. The highest BCUT2D eigenvalue weighted by Crippen LogP contribution is 2.41. The molecule has 0 bridgehead atoms. The maximum Gasteiger partial charge on any atom is 0.0517 e. The van der Waals surface area contributed by atoms with Gasteiger partial charge in [-0.1, -0.05) is 13.0 Å². The van der Waals surface area contributed by atoms with E-state index in [1.54, 1.807) is 0 Å². The maximum atomic E-state index is 3.80. The van der Waals surface area contributed by atoms with Gasteiger partial charge >= 0.3 is 0 Å². The first-order valence-electron chi connectivity index (χ1n) is 3.53. The molecule has 0 saturated carbocycles. The lowest BCUT2D eigenvalue weighted by molar-refractivity contribution is 0.548. The standard InChI is InChI=1S/C8H15N/c1-5-7-8(3,6-2)9(7)4/h6-7H,2,5H2,1,3-4H3. The Labute approximate surface area is 57.4 Å². The first-order chi connectivity index (χ1) is 4.16. The van der Waals surface area contributed by atoms with Gasteiger partial charge in [-0.05, 0) is 20.4 Å². The average molecular weight is 125 g/mol. The van der Waals surface area contributed by atoms with Crippen molar-refractivity contribution in [2.24, 2.45) is 0 Å². The van der Waals surface area contributed by atoms with Gasteiger partial charge < -0.3 is 0 Å². The van der Waals surface area contributed by atoms with Gasteiger partial charge in [0.05, 0.1) is 5.54 Å². The molecule has 1 saturated heterocycles. The molecule has 0 aromatic rings. The molecule has 0 spiro atoms. The quantitative estimate of drug-likeness (QED) is 0.400. The second-order valence-electron chi connectivity index (χ2n) is 2.96. The fourth-order valence-corrected chi connectivity index (χ4v) is 1.62. The normalized spacial score (nSPS) is 48.8. The van der Waals surface area contributed by atoms with Crippen LogP contribution in [0.4, 0.5) is 0 Å². The topological polar surface area (TPSA) is 3.01 Å². The molecule has 1 rings (SSSR count). The number of nitrogens with zero attached hydrogens (tertiary/aromatic N) is 1. The van der Waals surface area contributed by atoms with Crippen LogP contribution >= 0.6 is 0 Å². The fraction of sp³-hybridized carbons (Fsp3) is 0.750. The van der Waals surface area contributed by atoms with Gasteiger partial charge in [0.1, 0.15) is 0 Å². The molecule has 0 amide bonds. The molecule has 1 fully saturated rings.